The number of hydrogen-bond acceptors (Lipinski definition) is 0. The topological polar surface area (TPSA) is 0 Å². The minimum atomic E-state index is 0.564. The molecule has 0 heteroatoms. The van der Waals surface area contributed by atoms with E-state index < -0.39 is 0 Å². The van der Waals surface area contributed by atoms with Crippen LogP contribution in [0.3, 0.4) is 0 Å². The van der Waals surface area contributed by atoms with Gasteiger partial charge in [-0.15, -0.1) is 0 Å². The average Bonchev–Trinajstić information content (AvgIpc) is 2.51. The third kappa shape index (κ3) is 1.04. The van der Waals surface area contributed by atoms with Crippen molar-refractivity contribution in [2.75, 3.05) is 0 Å². The highest BCUT2D eigenvalue weighted by Crippen LogP contribution is 2.77. The van der Waals surface area contributed by atoms with Crippen LogP contribution in [0.5, 0.6) is 0 Å². The first-order valence-electron chi connectivity index (χ1n) is 6.47. The molecule has 0 nitrogen and oxygen atoms in total. The maximum Gasteiger partial charge on any atom is -0.00565 e. The molecule has 15 heavy (non-hydrogen) atoms. The molecule has 0 radical (unpaired) electrons. The van der Waals surface area contributed by atoms with Gasteiger partial charge in [0.1, 0.15) is 0 Å². The van der Waals surface area contributed by atoms with Gasteiger partial charge in [0, 0.05) is 0 Å². The van der Waals surface area contributed by atoms with Gasteiger partial charge in [-0.25, -0.2) is 0 Å². The molecule has 84 valence electrons. The molecule has 3 rings (SSSR count). The van der Waals surface area contributed by atoms with E-state index >= 15 is 0 Å². The third-order valence-corrected chi connectivity index (χ3v) is 6.09. The van der Waals surface area contributed by atoms with Crippen molar-refractivity contribution in [3.05, 3.63) is 11.6 Å². The van der Waals surface area contributed by atoms with Gasteiger partial charge in [0.25, 0.3) is 0 Å². The average molecular weight is 204 g/mol. The molecule has 0 unspecified atom stereocenters. The van der Waals surface area contributed by atoms with Crippen LogP contribution in [0.15, 0.2) is 11.6 Å². The Morgan fingerprint density at radius 3 is 2.47 bits per heavy atom. The summed E-state index contributed by atoms with van der Waals surface area (Å²) in [5, 5.41) is 0. The summed E-state index contributed by atoms with van der Waals surface area (Å²) in [6.07, 6.45) is 6.93. The predicted molar refractivity (Wildman–Crippen MR) is 64.6 cm³/mol. The molecule has 0 spiro atoms. The lowest BCUT2D eigenvalue weighted by atomic mass is 9.70. The van der Waals surface area contributed by atoms with Crippen molar-refractivity contribution < 1.29 is 0 Å². The van der Waals surface area contributed by atoms with Crippen LogP contribution in [0.4, 0.5) is 0 Å². The Hall–Kier alpha value is -0.260. The van der Waals surface area contributed by atoms with Crippen molar-refractivity contribution in [3.8, 4) is 0 Å². The first-order valence-corrected chi connectivity index (χ1v) is 6.47. The van der Waals surface area contributed by atoms with Crippen LogP contribution in [0.25, 0.3) is 0 Å². The summed E-state index contributed by atoms with van der Waals surface area (Å²) in [7, 11) is 0. The zero-order valence-electron chi connectivity index (χ0n) is 10.9. The Bertz CT molecular complexity index is 349. The quantitative estimate of drug-likeness (QED) is 0.513. The van der Waals surface area contributed by atoms with Crippen LogP contribution in [-0.4, -0.2) is 0 Å². The molecular weight excluding hydrogens is 180 g/mol. The standard InChI is InChI=1S/C15H24/c1-10-6-11-7-13(2,3)8-12(11)15(5)9-14(10,15)4/h6,11-12H,7-9H2,1-5H3/t11-,12+,14+,15-/m0/s1. The second-order valence-corrected chi connectivity index (χ2v) is 7.62. The van der Waals surface area contributed by atoms with Gasteiger partial charge in [0.15, 0.2) is 0 Å². The van der Waals surface area contributed by atoms with Crippen molar-refractivity contribution in [2.24, 2.45) is 28.1 Å². The summed E-state index contributed by atoms with van der Waals surface area (Å²) in [5.41, 5.74) is 3.48. The number of hydrogen-bond donors (Lipinski definition) is 0. The first-order chi connectivity index (χ1) is 6.79. The SMILES string of the molecule is CC1=C[C@H]2CC(C)(C)C[C@H]2[C@]2(C)C[C@]12C. The summed E-state index contributed by atoms with van der Waals surface area (Å²) in [5.74, 6) is 1.86. The molecule has 0 aromatic rings. The normalized spacial score (nSPS) is 55.7. The summed E-state index contributed by atoms with van der Waals surface area (Å²) in [4.78, 5) is 0. The Labute approximate surface area is 94.1 Å². The number of rotatable bonds is 0. The lowest BCUT2D eigenvalue weighted by molar-refractivity contribution is 0.217. The van der Waals surface area contributed by atoms with Crippen molar-refractivity contribution in [1.82, 2.24) is 0 Å². The van der Waals surface area contributed by atoms with Crippen molar-refractivity contribution >= 4 is 0 Å². The first kappa shape index (κ1) is 9.93. The molecule has 0 amide bonds. The number of fused-ring (bicyclic) bond motifs is 3. The van der Waals surface area contributed by atoms with E-state index in [0.717, 1.165) is 11.8 Å². The number of allylic oxidation sites excluding steroid dienone is 2. The van der Waals surface area contributed by atoms with Crippen LogP contribution in [0.2, 0.25) is 0 Å². The monoisotopic (exact) mass is 204 g/mol. The lowest BCUT2D eigenvalue weighted by Gasteiger charge is -2.34. The molecule has 2 saturated carbocycles. The maximum absolute atomic E-state index is 2.62. The van der Waals surface area contributed by atoms with Crippen LogP contribution < -0.4 is 0 Å². The van der Waals surface area contributed by atoms with Gasteiger partial charge in [0.2, 0.25) is 0 Å². The summed E-state index contributed by atoms with van der Waals surface area (Å²) >= 11 is 0. The van der Waals surface area contributed by atoms with Gasteiger partial charge in [-0.3, -0.25) is 0 Å². The highest BCUT2D eigenvalue weighted by molar-refractivity contribution is 5.35. The van der Waals surface area contributed by atoms with E-state index in [2.05, 4.69) is 40.7 Å². The van der Waals surface area contributed by atoms with E-state index in [-0.39, 0.29) is 0 Å². The smallest absolute Gasteiger partial charge is 0.00565 e. The zero-order valence-corrected chi connectivity index (χ0v) is 10.9. The Balaban J connectivity index is 2.02. The molecule has 0 aromatic carbocycles. The second-order valence-electron chi connectivity index (χ2n) is 7.62. The maximum atomic E-state index is 2.62. The van der Waals surface area contributed by atoms with Crippen LogP contribution >= 0.6 is 0 Å². The fourth-order valence-corrected chi connectivity index (χ4v) is 4.81. The summed E-state index contributed by atoms with van der Waals surface area (Å²) in [6, 6.07) is 0. The molecule has 2 fully saturated rings. The zero-order chi connectivity index (χ0) is 11.1. The van der Waals surface area contributed by atoms with E-state index in [4.69, 9.17) is 0 Å². The molecule has 0 aliphatic heterocycles. The Morgan fingerprint density at radius 2 is 1.80 bits per heavy atom. The highest BCUT2D eigenvalue weighted by atomic mass is 14.7. The third-order valence-electron chi connectivity index (χ3n) is 6.09. The van der Waals surface area contributed by atoms with Crippen LogP contribution in [0, 0.1) is 28.1 Å². The van der Waals surface area contributed by atoms with Gasteiger partial charge >= 0.3 is 0 Å². The molecule has 3 aliphatic carbocycles. The minimum absolute atomic E-state index is 0.564. The molecule has 0 N–H and O–H groups in total. The van der Waals surface area contributed by atoms with Crippen LogP contribution in [0.1, 0.15) is 53.9 Å². The molecule has 0 bridgehead atoms. The van der Waals surface area contributed by atoms with Gasteiger partial charge in [0.05, 0.1) is 0 Å². The molecular formula is C15H24. The predicted octanol–water partition coefficient (Wildman–Crippen LogP) is 4.42. The Morgan fingerprint density at radius 1 is 1.13 bits per heavy atom. The van der Waals surface area contributed by atoms with Crippen LogP contribution in [-0.2, 0) is 0 Å². The Kier molecular flexibility index (Phi) is 1.56. The second kappa shape index (κ2) is 2.36. The van der Waals surface area contributed by atoms with E-state index in [1.807, 2.05) is 0 Å². The van der Waals surface area contributed by atoms with Gasteiger partial charge < -0.3 is 0 Å². The largest absolute Gasteiger partial charge is 0.0816 e. The van der Waals surface area contributed by atoms with Gasteiger partial charge in [-0.2, -0.15) is 0 Å². The highest BCUT2D eigenvalue weighted by Gasteiger charge is 2.69. The summed E-state index contributed by atoms with van der Waals surface area (Å²) in [6.45, 7) is 12.3. The van der Waals surface area contributed by atoms with Crippen molar-refractivity contribution in [2.45, 2.75) is 53.9 Å². The molecule has 4 atom stereocenters. The van der Waals surface area contributed by atoms with E-state index in [9.17, 15) is 0 Å². The molecule has 0 aromatic heterocycles. The fraction of sp³-hybridized carbons (Fsp3) is 0.867. The van der Waals surface area contributed by atoms with Crippen molar-refractivity contribution in [3.63, 3.8) is 0 Å². The van der Waals surface area contributed by atoms with Gasteiger partial charge in [-0.1, -0.05) is 39.3 Å². The molecule has 3 aliphatic rings. The lowest BCUT2D eigenvalue weighted by Crippen LogP contribution is -2.27. The molecule has 0 heterocycles. The van der Waals surface area contributed by atoms with E-state index in [1.54, 1.807) is 5.57 Å². The van der Waals surface area contributed by atoms with E-state index in [0.29, 0.717) is 16.2 Å². The minimum Gasteiger partial charge on any atom is -0.0816 e. The molecule has 0 saturated heterocycles. The van der Waals surface area contributed by atoms with Crippen molar-refractivity contribution in [1.29, 1.82) is 0 Å². The summed E-state index contributed by atoms with van der Waals surface area (Å²) < 4.78 is 0. The fourth-order valence-electron chi connectivity index (χ4n) is 4.81. The van der Waals surface area contributed by atoms with Gasteiger partial charge in [-0.05, 0) is 54.3 Å². The van der Waals surface area contributed by atoms with E-state index in [1.165, 1.54) is 19.3 Å².